The number of nitrogens with one attached hydrogen (secondary N) is 1. The van der Waals surface area contributed by atoms with Crippen molar-refractivity contribution in [3.8, 4) is 22.8 Å². The van der Waals surface area contributed by atoms with Crippen molar-refractivity contribution in [3.05, 3.63) is 60.0 Å². The van der Waals surface area contributed by atoms with Gasteiger partial charge in [-0.3, -0.25) is 14.5 Å². The molecule has 146 valence electrons. The molecule has 2 heterocycles. The first kappa shape index (κ1) is 19.4. The third-order valence-corrected chi connectivity index (χ3v) is 4.46. The topological polar surface area (TPSA) is 78.3 Å². The van der Waals surface area contributed by atoms with Gasteiger partial charge in [0.1, 0.15) is 11.5 Å². The van der Waals surface area contributed by atoms with Crippen molar-refractivity contribution in [2.45, 2.75) is 19.4 Å². The van der Waals surface area contributed by atoms with Crippen LogP contribution in [0.1, 0.15) is 17.5 Å². The zero-order chi connectivity index (χ0) is 19.9. The van der Waals surface area contributed by atoms with Gasteiger partial charge in [0.05, 0.1) is 26.1 Å². The average Bonchev–Trinajstić information content (AvgIpc) is 3.16. The maximum Gasteiger partial charge on any atom is 0.220 e. The predicted octanol–water partition coefficient (Wildman–Crippen LogP) is 2.75. The lowest BCUT2D eigenvalue weighted by atomic mass is 10.1. The van der Waals surface area contributed by atoms with Crippen LogP contribution in [0.2, 0.25) is 0 Å². The number of hydrogen-bond donors (Lipinski definition) is 1. The number of benzene rings is 1. The SMILES string of the molecule is COc1ccc(CCC(=O)NCc2cccnc2-c2cnn(C)c2)c(OC)c1. The number of aryl methyl sites for hydroxylation is 2. The summed E-state index contributed by atoms with van der Waals surface area (Å²) in [7, 11) is 5.09. The Hall–Kier alpha value is -3.35. The van der Waals surface area contributed by atoms with Gasteiger partial charge in [-0.1, -0.05) is 12.1 Å². The van der Waals surface area contributed by atoms with Gasteiger partial charge in [-0.25, -0.2) is 0 Å². The summed E-state index contributed by atoms with van der Waals surface area (Å²) in [5.74, 6) is 1.42. The van der Waals surface area contributed by atoms with E-state index in [9.17, 15) is 4.79 Å². The minimum absolute atomic E-state index is 0.0288. The zero-order valence-corrected chi connectivity index (χ0v) is 16.3. The Morgan fingerprint density at radius 3 is 2.75 bits per heavy atom. The summed E-state index contributed by atoms with van der Waals surface area (Å²) < 4.78 is 12.3. The third-order valence-electron chi connectivity index (χ3n) is 4.46. The lowest BCUT2D eigenvalue weighted by molar-refractivity contribution is -0.121. The van der Waals surface area contributed by atoms with Gasteiger partial charge >= 0.3 is 0 Å². The van der Waals surface area contributed by atoms with Crippen LogP contribution >= 0.6 is 0 Å². The molecule has 0 radical (unpaired) electrons. The summed E-state index contributed by atoms with van der Waals surface area (Å²) in [6.07, 6.45) is 6.36. The molecule has 0 spiro atoms. The highest BCUT2D eigenvalue weighted by Gasteiger charge is 2.11. The van der Waals surface area contributed by atoms with Crippen molar-refractivity contribution in [2.75, 3.05) is 14.2 Å². The molecule has 1 N–H and O–H groups in total. The van der Waals surface area contributed by atoms with E-state index in [1.807, 2.05) is 43.6 Å². The van der Waals surface area contributed by atoms with E-state index in [0.29, 0.717) is 19.4 Å². The molecule has 0 saturated heterocycles. The number of nitrogens with zero attached hydrogens (tertiary/aromatic N) is 3. The molecule has 0 aliphatic heterocycles. The fourth-order valence-electron chi connectivity index (χ4n) is 2.97. The standard InChI is InChI=1S/C21H24N4O3/c1-25-14-17(13-24-25)21-16(5-4-10-22-21)12-23-20(26)9-7-15-6-8-18(27-2)11-19(15)28-3/h4-6,8,10-11,13-14H,7,9,12H2,1-3H3,(H,23,26). The molecule has 0 bridgehead atoms. The largest absolute Gasteiger partial charge is 0.497 e. The van der Waals surface area contributed by atoms with Crippen molar-refractivity contribution in [1.29, 1.82) is 0 Å². The molecule has 0 fully saturated rings. The molecule has 7 heteroatoms. The normalized spacial score (nSPS) is 10.5. The van der Waals surface area contributed by atoms with Gasteiger partial charge in [-0.05, 0) is 29.7 Å². The first-order chi connectivity index (χ1) is 13.6. The van der Waals surface area contributed by atoms with Crippen molar-refractivity contribution < 1.29 is 14.3 Å². The van der Waals surface area contributed by atoms with Crippen molar-refractivity contribution >= 4 is 5.91 Å². The smallest absolute Gasteiger partial charge is 0.220 e. The number of amides is 1. The molecular formula is C21H24N4O3. The fraction of sp³-hybridized carbons (Fsp3) is 0.286. The van der Waals surface area contributed by atoms with Crippen LogP contribution < -0.4 is 14.8 Å². The fourth-order valence-corrected chi connectivity index (χ4v) is 2.97. The average molecular weight is 380 g/mol. The quantitative estimate of drug-likeness (QED) is 0.650. The first-order valence-electron chi connectivity index (χ1n) is 9.01. The minimum atomic E-state index is -0.0288. The summed E-state index contributed by atoms with van der Waals surface area (Å²) in [6.45, 7) is 0.413. The van der Waals surface area contributed by atoms with Gasteiger partial charge in [0, 0.05) is 44.0 Å². The van der Waals surface area contributed by atoms with E-state index in [1.165, 1.54) is 0 Å². The predicted molar refractivity (Wildman–Crippen MR) is 106 cm³/mol. The maximum absolute atomic E-state index is 12.4. The van der Waals surface area contributed by atoms with Gasteiger partial charge in [0.25, 0.3) is 0 Å². The molecule has 0 unspecified atom stereocenters. The lowest BCUT2D eigenvalue weighted by Crippen LogP contribution is -2.23. The highest BCUT2D eigenvalue weighted by Crippen LogP contribution is 2.25. The number of methoxy groups -OCH3 is 2. The van der Waals surface area contributed by atoms with E-state index in [-0.39, 0.29) is 5.91 Å². The lowest BCUT2D eigenvalue weighted by Gasteiger charge is -2.11. The second-order valence-electron chi connectivity index (χ2n) is 6.37. The molecule has 0 atom stereocenters. The van der Waals surface area contributed by atoms with Crippen LogP contribution in [0.25, 0.3) is 11.3 Å². The van der Waals surface area contributed by atoms with E-state index >= 15 is 0 Å². The van der Waals surface area contributed by atoms with Gasteiger partial charge in [0.2, 0.25) is 5.91 Å². The molecule has 28 heavy (non-hydrogen) atoms. The molecule has 0 saturated carbocycles. The van der Waals surface area contributed by atoms with Gasteiger partial charge in [0.15, 0.2) is 0 Å². The number of carbonyl (C=O) groups excluding carboxylic acids is 1. The Balaban J connectivity index is 1.60. The third kappa shape index (κ3) is 4.68. The molecule has 0 aliphatic rings. The van der Waals surface area contributed by atoms with E-state index in [4.69, 9.17) is 9.47 Å². The van der Waals surface area contributed by atoms with E-state index < -0.39 is 0 Å². The summed E-state index contributed by atoms with van der Waals surface area (Å²) in [5, 5.41) is 7.16. The number of ether oxygens (including phenoxy) is 2. The molecule has 3 aromatic rings. The van der Waals surface area contributed by atoms with Crippen LogP contribution in [-0.2, 0) is 24.8 Å². The van der Waals surface area contributed by atoms with Crippen LogP contribution in [0.15, 0.2) is 48.9 Å². The van der Waals surface area contributed by atoms with Crippen LogP contribution in [-0.4, -0.2) is 34.9 Å². The second-order valence-corrected chi connectivity index (χ2v) is 6.37. The molecular weight excluding hydrogens is 356 g/mol. The maximum atomic E-state index is 12.4. The number of rotatable bonds is 8. The summed E-state index contributed by atoms with van der Waals surface area (Å²) in [5.41, 5.74) is 3.67. The van der Waals surface area contributed by atoms with Crippen LogP contribution in [0.4, 0.5) is 0 Å². The molecule has 0 aliphatic carbocycles. The highest BCUT2D eigenvalue weighted by molar-refractivity contribution is 5.76. The molecule has 1 amide bonds. The van der Waals surface area contributed by atoms with Crippen molar-refractivity contribution in [2.24, 2.45) is 7.05 Å². The Labute approximate surface area is 164 Å². The minimum Gasteiger partial charge on any atom is -0.497 e. The number of hydrogen-bond acceptors (Lipinski definition) is 5. The van der Waals surface area contributed by atoms with Crippen LogP contribution in [0, 0.1) is 0 Å². The van der Waals surface area contributed by atoms with Gasteiger partial charge in [-0.2, -0.15) is 5.10 Å². The van der Waals surface area contributed by atoms with Gasteiger partial charge < -0.3 is 14.8 Å². The molecule has 3 rings (SSSR count). The van der Waals surface area contributed by atoms with Crippen molar-refractivity contribution in [3.63, 3.8) is 0 Å². The van der Waals surface area contributed by atoms with E-state index in [0.717, 1.165) is 33.9 Å². The Kier molecular flexibility index (Phi) is 6.26. The monoisotopic (exact) mass is 380 g/mol. The van der Waals surface area contributed by atoms with E-state index in [2.05, 4.69) is 15.4 Å². The molecule has 2 aromatic heterocycles. The van der Waals surface area contributed by atoms with Crippen molar-refractivity contribution in [1.82, 2.24) is 20.1 Å². The highest BCUT2D eigenvalue weighted by atomic mass is 16.5. The second kappa shape index (κ2) is 9.03. The van der Waals surface area contributed by atoms with Crippen LogP contribution in [0.3, 0.4) is 0 Å². The Bertz CT molecular complexity index is 952. The number of aromatic nitrogens is 3. The first-order valence-corrected chi connectivity index (χ1v) is 9.01. The number of carbonyl (C=O) groups is 1. The van der Waals surface area contributed by atoms with Gasteiger partial charge in [-0.15, -0.1) is 0 Å². The van der Waals surface area contributed by atoms with Crippen LogP contribution in [0.5, 0.6) is 11.5 Å². The summed E-state index contributed by atoms with van der Waals surface area (Å²) >= 11 is 0. The zero-order valence-electron chi connectivity index (χ0n) is 16.3. The Morgan fingerprint density at radius 1 is 1.18 bits per heavy atom. The van der Waals surface area contributed by atoms with E-state index in [1.54, 1.807) is 31.3 Å². The molecule has 7 nitrogen and oxygen atoms in total. The summed E-state index contributed by atoms with van der Waals surface area (Å²) in [6, 6.07) is 9.44. The molecule has 1 aromatic carbocycles. The summed E-state index contributed by atoms with van der Waals surface area (Å²) in [4.78, 5) is 16.8. The Morgan fingerprint density at radius 2 is 2.04 bits per heavy atom. The number of pyridine rings is 1.